The minimum Gasteiger partial charge on any atom is -0.475 e. The minimum absolute atomic E-state index is 0.107. The predicted octanol–water partition coefficient (Wildman–Crippen LogP) is 2.91. The zero-order valence-electron chi connectivity index (χ0n) is 11.3. The van der Waals surface area contributed by atoms with Crippen LogP contribution in [0.1, 0.15) is 42.7 Å². The SMILES string of the molecule is O=C(O)c1cc(S(=O)(=O)NCCC2=CCCCC2)c(Br)o1. The monoisotopic (exact) mass is 377 g/mol. The molecule has 1 heterocycles. The van der Waals surface area contributed by atoms with Crippen LogP contribution in [0.25, 0.3) is 0 Å². The number of hydrogen-bond acceptors (Lipinski definition) is 4. The summed E-state index contributed by atoms with van der Waals surface area (Å²) in [6.45, 7) is 0.286. The second kappa shape index (κ2) is 6.76. The van der Waals surface area contributed by atoms with Crippen molar-refractivity contribution in [1.82, 2.24) is 4.72 Å². The summed E-state index contributed by atoms with van der Waals surface area (Å²) in [5, 5.41) is 8.80. The van der Waals surface area contributed by atoms with Gasteiger partial charge >= 0.3 is 5.97 Å². The van der Waals surface area contributed by atoms with Gasteiger partial charge < -0.3 is 9.52 Å². The highest BCUT2D eigenvalue weighted by molar-refractivity contribution is 9.10. The Bertz CT molecular complexity index is 662. The van der Waals surface area contributed by atoms with Gasteiger partial charge in [0.15, 0.2) is 4.67 Å². The molecule has 116 valence electrons. The molecule has 0 radical (unpaired) electrons. The van der Waals surface area contributed by atoms with Gasteiger partial charge in [0.05, 0.1) is 0 Å². The average molecular weight is 378 g/mol. The molecule has 1 aliphatic rings. The maximum atomic E-state index is 12.1. The van der Waals surface area contributed by atoms with Gasteiger partial charge in [-0.1, -0.05) is 11.6 Å². The molecule has 2 rings (SSSR count). The summed E-state index contributed by atoms with van der Waals surface area (Å²) in [4.78, 5) is 10.6. The van der Waals surface area contributed by atoms with Crippen LogP contribution < -0.4 is 4.72 Å². The summed E-state index contributed by atoms with van der Waals surface area (Å²) in [6.07, 6.45) is 7.23. The molecule has 0 aliphatic heterocycles. The number of nitrogens with one attached hydrogen (secondary N) is 1. The van der Waals surface area contributed by atoms with Crippen molar-refractivity contribution in [2.75, 3.05) is 6.54 Å². The second-order valence-electron chi connectivity index (χ2n) is 4.81. The molecule has 0 spiro atoms. The van der Waals surface area contributed by atoms with Crippen molar-refractivity contribution in [1.29, 1.82) is 0 Å². The third-order valence-corrected chi connectivity index (χ3v) is 5.60. The molecule has 6 nitrogen and oxygen atoms in total. The van der Waals surface area contributed by atoms with Gasteiger partial charge in [-0.15, -0.1) is 0 Å². The van der Waals surface area contributed by atoms with Crippen LogP contribution in [-0.2, 0) is 10.0 Å². The summed E-state index contributed by atoms with van der Waals surface area (Å²) in [5.74, 6) is -1.73. The molecule has 1 aromatic rings. The summed E-state index contributed by atoms with van der Waals surface area (Å²) >= 11 is 2.93. The van der Waals surface area contributed by atoms with Crippen molar-refractivity contribution in [3.63, 3.8) is 0 Å². The standard InChI is InChI=1S/C13H16BrNO5S/c14-12-11(8-10(20-12)13(16)17)21(18,19)15-7-6-9-4-2-1-3-5-9/h4,8,15H,1-3,5-7H2,(H,16,17). The molecule has 8 heteroatoms. The van der Waals surface area contributed by atoms with Gasteiger partial charge in [-0.25, -0.2) is 17.9 Å². The van der Waals surface area contributed by atoms with Gasteiger partial charge in [0.25, 0.3) is 0 Å². The highest BCUT2D eigenvalue weighted by Gasteiger charge is 2.24. The first-order valence-electron chi connectivity index (χ1n) is 6.60. The van der Waals surface area contributed by atoms with Gasteiger partial charge in [0, 0.05) is 12.6 Å². The quantitative estimate of drug-likeness (QED) is 0.742. The van der Waals surface area contributed by atoms with E-state index in [4.69, 9.17) is 9.52 Å². The second-order valence-corrected chi connectivity index (χ2v) is 7.27. The fourth-order valence-corrected chi connectivity index (χ4v) is 4.17. The molecule has 0 amide bonds. The molecule has 1 aromatic heterocycles. The number of furan rings is 1. The van der Waals surface area contributed by atoms with Gasteiger partial charge in [-0.3, -0.25) is 0 Å². The normalized spacial score (nSPS) is 15.8. The lowest BCUT2D eigenvalue weighted by molar-refractivity contribution is 0.0661. The van der Waals surface area contributed by atoms with Crippen LogP contribution in [0.15, 0.2) is 31.7 Å². The molecule has 2 N–H and O–H groups in total. The molecule has 0 saturated carbocycles. The first kappa shape index (κ1) is 16.3. The van der Waals surface area contributed by atoms with E-state index in [2.05, 4.69) is 26.7 Å². The lowest BCUT2D eigenvalue weighted by Gasteiger charge is -2.12. The number of carbonyl (C=O) groups is 1. The smallest absolute Gasteiger partial charge is 0.371 e. The van der Waals surface area contributed by atoms with Crippen LogP contribution in [0.5, 0.6) is 0 Å². The van der Waals surface area contributed by atoms with Gasteiger partial charge in [0.1, 0.15) is 4.90 Å². The number of rotatable bonds is 6. The lowest BCUT2D eigenvalue weighted by atomic mass is 9.97. The predicted molar refractivity (Wildman–Crippen MR) is 79.7 cm³/mol. The molecular formula is C13H16BrNO5S. The molecule has 0 unspecified atom stereocenters. The highest BCUT2D eigenvalue weighted by Crippen LogP contribution is 2.26. The fourth-order valence-electron chi connectivity index (χ4n) is 2.20. The summed E-state index contributed by atoms with van der Waals surface area (Å²) in [7, 11) is -3.79. The molecule has 0 aromatic carbocycles. The van der Waals surface area contributed by atoms with Gasteiger partial charge in [-0.2, -0.15) is 0 Å². The molecule has 21 heavy (non-hydrogen) atoms. The van der Waals surface area contributed by atoms with Crippen LogP contribution in [-0.4, -0.2) is 26.0 Å². The summed E-state index contributed by atoms with van der Waals surface area (Å²) in [5.41, 5.74) is 1.27. The number of sulfonamides is 1. The van der Waals surface area contributed by atoms with E-state index >= 15 is 0 Å². The Morgan fingerprint density at radius 3 is 2.76 bits per heavy atom. The van der Waals surface area contributed by atoms with Crippen LogP contribution in [0.4, 0.5) is 0 Å². The zero-order chi connectivity index (χ0) is 15.5. The first-order chi connectivity index (χ1) is 9.90. The van der Waals surface area contributed by atoms with Gasteiger partial charge in [0.2, 0.25) is 15.8 Å². The van der Waals surface area contributed by atoms with Crippen LogP contribution in [0.3, 0.4) is 0 Å². The van der Waals surface area contributed by atoms with Crippen molar-refractivity contribution < 1.29 is 22.7 Å². The number of allylic oxidation sites excluding steroid dienone is 1. The van der Waals surface area contributed by atoms with Crippen molar-refractivity contribution in [2.45, 2.75) is 37.0 Å². The number of halogens is 1. The first-order valence-corrected chi connectivity index (χ1v) is 8.88. The Balaban J connectivity index is 2.01. The van der Waals surface area contributed by atoms with E-state index < -0.39 is 21.8 Å². The molecule has 0 fully saturated rings. The van der Waals surface area contributed by atoms with Crippen molar-refractivity contribution in [2.24, 2.45) is 0 Å². The zero-order valence-corrected chi connectivity index (χ0v) is 13.7. The minimum atomic E-state index is -3.79. The number of carboxylic acids is 1. The van der Waals surface area contributed by atoms with E-state index in [1.165, 1.54) is 12.0 Å². The van der Waals surface area contributed by atoms with Crippen molar-refractivity contribution >= 4 is 31.9 Å². The Labute approximate surface area is 131 Å². The lowest BCUT2D eigenvalue weighted by Crippen LogP contribution is -2.25. The van der Waals surface area contributed by atoms with Crippen molar-refractivity contribution in [3.05, 3.63) is 28.1 Å². The molecular weight excluding hydrogens is 362 g/mol. The third kappa shape index (κ3) is 4.18. The average Bonchev–Trinajstić information content (AvgIpc) is 2.83. The molecule has 0 atom stereocenters. The van der Waals surface area contributed by atoms with E-state index in [0.29, 0.717) is 6.42 Å². The fraction of sp³-hybridized carbons (Fsp3) is 0.462. The number of carboxylic acid groups (broad SMARTS) is 1. The molecule has 0 saturated heterocycles. The van der Waals surface area contributed by atoms with Gasteiger partial charge in [-0.05, 0) is 48.0 Å². The maximum Gasteiger partial charge on any atom is 0.371 e. The number of aromatic carboxylic acids is 1. The van der Waals surface area contributed by atoms with E-state index in [1.807, 2.05) is 0 Å². The molecule has 0 bridgehead atoms. The summed E-state index contributed by atoms with van der Waals surface area (Å²) in [6, 6.07) is 0.995. The van der Waals surface area contributed by atoms with E-state index in [1.54, 1.807) is 0 Å². The van der Waals surface area contributed by atoms with Crippen LogP contribution in [0, 0.1) is 0 Å². The molecule has 1 aliphatic carbocycles. The maximum absolute atomic E-state index is 12.1. The van der Waals surface area contributed by atoms with E-state index in [-0.39, 0.29) is 16.1 Å². The Morgan fingerprint density at radius 2 is 2.19 bits per heavy atom. The Morgan fingerprint density at radius 1 is 1.43 bits per heavy atom. The largest absolute Gasteiger partial charge is 0.475 e. The van der Waals surface area contributed by atoms with Crippen LogP contribution in [0.2, 0.25) is 0 Å². The van der Waals surface area contributed by atoms with E-state index in [0.717, 1.165) is 25.3 Å². The van der Waals surface area contributed by atoms with Crippen LogP contribution >= 0.6 is 15.9 Å². The topological polar surface area (TPSA) is 96.6 Å². The summed E-state index contributed by atoms with van der Waals surface area (Å²) < 4.78 is 31.4. The van der Waals surface area contributed by atoms with Crippen molar-refractivity contribution in [3.8, 4) is 0 Å². The number of hydrogen-bond donors (Lipinski definition) is 2. The third-order valence-electron chi connectivity index (χ3n) is 3.28. The Hall–Kier alpha value is -1.12. The Kier molecular flexibility index (Phi) is 5.23. The van der Waals surface area contributed by atoms with E-state index in [9.17, 15) is 13.2 Å². The highest BCUT2D eigenvalue weighted by atomic mass is 79.9.